The predicted molar refractivity (Wildman–Crippen MR) is 145 cm³/mol. The third-order valence-corrected chi connectivity index (χ3v) is 6.91. The van der Waals surface area contributed by atoms with E-state index >= 15 is 0 Å². The van der Waals surface area contributed by atoms with Gasteiger partial charge in [-0.2, -0.15) is 4.02 Å². The van der Waals surface area contributed by atoms with E-state index in [-0.39, 0.29) is 23.7 Å². The van der Waals surface area contributed by atoms with Crippen molar-refractivity contribution in [1.29, 1.82) is 0 Å². The first-order chi connectivity index (χ1) is 17.1. The van der Waals surface area contributed by atoms with Gasteiger partial charge in [-0.05, 0) is 42.2 Å². The van der Waals surface area contributed by atoms with Crippen molar-refractivity contribution < 1.29 is 19.1 Å². The summed E-state index contributed by atoms with van der Waals surface area (Å²) in [5.74, 6) is 1.74. The first kappa shape index (κ1) is 26.0. The van der Waals surface area contributed by atoms with Crippen LogP contribution in [0.2, 0.25) is 0 Å². The number of fused-ring (bicyclic) bond motifs is 2. The van der Waals surface area contributed by atoms with E-state index in [0.717, 1.165) is 34.7 Å². The number of ketones is 1. The molecule has 0 bridgehead atoms. The number of amidine groups is 1. The van der Waals surface area contributed by atoms with Crippen LogP contribution < -0.4 is 19.7 Å². The molecule has 4 rings (SSSR count). The number of likely N-dealkylation sites (N-methyl/N-ethyl adjacent to an activating group) is 1. The van der Waals surface area contributed by atoms with Crippen LogP contribution in [0, 0.1) is 0 Å². The molecular weight excluding hydrogens is 524 g/mol. The number of hydrogen-bond donors (Lipinski definition) is 1. The number of carbonyl (C=O) groups excluding carboxylic acids is 2. The minimum atomic E-state index is -0.236. The van der Waals surface area contributed by atoms with Gasteiger partial charge in [-0.25, -0.2) is 0 Å². The molecule has 2 aromatic carbocycles. The van der Waals surface area contributed by atoms with Gasteiger partial charge in [0.2, 0.25) is 0 Å². The van der Waals surface area contributed by atoms with Gasteiger partial charge in [-0.1, -0.05) is 20.8 Å². The highest BCUT2D eigenvalue weighted by molar-refractivity contribution is 9.08. The molecule has 2 aliphatic heterocycles. The van der Waals surface area contributed by atoms with Crippen LogP contribution in [0.3, 0.4) is 0 Å². The van der Waals surface area contributed by atoms with Gasteiger partial charge >= 0.3 is 0 Å². The zero-order valence-electron chi connectivity index (χ0n) is 21.7. The molecule has 0 spiro atoms. The molecule has 8 nitrogen and oxygen atoms in total. The number of hydrogen-bond acceptors (Lipinski definition) is 6. The maximum Gasteiger partial charge on any atom is 0.254 e. The Kier molecular flexibility index (Phi) is 7.31. The van der Waals surface area contributed by atoms with Gasteiger partial charge in [0.25, 0.3) is 5.91 Å². The average Bonchev–Trinajstić information content (AvgIpc) is 3.17. The van der Waals surface area contributed by atoms with Crippen LogP contribution in [0.1, 0.15) is 65.1 Å². The third-order valence-electron chi connectivity index (χ3n) is 6.58. The Morgan fingerprint density at radius 3 is 2.61 bits per heavy atom. The molecular formula is C27H33BrN4O4. The molecule has 2 heterocycles. The second kappa shape index (κ2) is 10.1. The predicted octanol–water partition coefficient (Wildman–Crippen LogP) is 4.33. The number of nitrogens with one attached hydrogen (secondary N) is 1. The number of nitrogens with zero attached hydrogens (tertiary/aromatic N) is 3. The molecule has 0 radical (unpaired) electrons. The molecule has 1 N–H and O–H groups in total. The van der Waals surface area contributed by atoms with Crippen LogP contribution in [0.4, 0.5) is 5.69 Å². The molecule has 2 aliphatic rings. The van der Waals surface area contributed by atoms with Gasteiger partial charge in [0.15, 0.2) is 5.78 Å². The highest BCUT2D eigenvalue weighted by Crippen LogP contribution is 2.42. The van der Waals surface area contributed by atoms with Crippen LogP contribution in [0.25, 0.3) is 0 Å². The Bertz CT molecular complexity index is 1240. The van der Waals surface area contributed by atoms with Crippen LogP contribution in [-0.4, -0.2) is 62.8 Å². The second-order valence-electron chi connectivity index (χ2n) is 10.1. The number of anilines is 1. The van der Waals surface area contributed by atoms with Crippen molar-refractivity contribution in [2.45, 2.75) is 39.7 Å². The van der Waals surface area contributed by atoms with Gasteiger partial charge in [-0.15, -0.1) is 0 Å². The highest BCUT2D eigenvalue weighted by Gasteiger charge is 2.32. The first-order valence-electron chi connectivity index (χ1n) is 12.1. The number of carbonyl (C=O) groups is 2. The molecule has 0 saturated heterocycles. The van der Waals surface area contributed by atoms with Crippen LogP contribution in [0.5, 0.6) is 11.5 Å². The van der Waals surface area contributed by atoms with Crippen molar-refractivity contribution in [3.05, 3.63) is 52.1 Å². The quantitative estimate of drug-likeness (QED) is 0.533. The standard InChI is InChI=1S/C27H33BrN4O4/c1-7-35-23-12-17-14-32(25(30-28)18(17)13-19(23)26(34)29-5)15-22(33)16-10-20(27(2,3)4)24-21(11-16)31(6)8-9-36-24/h10-13H,7-9,14-15H2,1-6H3,(H,29,34)/b30-25-. The molecule has 0 fully saturated rings. The van der Waals surface area contributed by atoms with E-state index in [1.807, 2.05) is 37.1 Å². The molecule has 0 aliphatic carbocycles. The van der Waals surface area contributed by atoms with E-state index in [4.69, 9.17) is 9.47 Å². The molecule has 0 aromatic heterocycles. The van der Waals surface area contributed by atoms with E-state index in [2.05, 4.69) is 51.2 Å². The summed E-state index contributed by atoms with van der Waals surface area (Å²) >= 11 is 3.24. The van der Waals surface area contributed by atoms with Gasteiger partial charge in [0.1, 0.15) is 23.9 Å². The summed E-state index contributed by atoms with van der Waals surface area (Å²) < 4.78 is 16.1. The fraction of sp³-hybridized carbons (Fsp3) is 0.444. The second-order valence-corrected chi connectivity index (χ2v) is 10.5. The number of halogens is 1. The minimum absolute atomic E-state index is 0.0136. The number of Topliss-reactive ketones (excluding diaryl/α,β-unsaturated/α-hetero) is 1. The Labute approximate surface area is 221 Å². The normalized spacial score (nSPS) is 15.9. The van der Waals surface area contributed by atoms with Crippen molar-refractivity contribution in [2.24, 2.45) is 4.02 Å². The van der Waals surface area contributed by atoms with Gasteiger partial charge in [0, 0.05) is 37.3 Å². The summed E-state index contributed by atoms with van der Waals surface area (Å²) in [6.45, 7) is 10.7. The number of ether oxygens (including phenoxy) is 2. The van der Waals surface area contributed by atoms with Crippen molar-refractivity contribution in [2.75, 3.05) is 45.3 Å². The molecule has 192 valence electrons. The van der Waals surface area contributed by atoms with Gasteiger partial charge in [0.05, 0.1) is 47.1 Å². The largest absolute Gasteiger partial charge is 0.493 e. The Morgan fingerprint density at radius 2 is 1.97 bits per heavy atom. The summed E-state index contributed by atoms with van der Waals surface area (Å²) in [5.41, 5.74) is 4.60. The molecule has 2 aromatic rings. The lowest BCUT2D eigenvalue weighted by molar-refractivity contribution is 0.0953. The summed E-state index contributed by atoms with van der Waals surface area (Å²) in [7, 11) is 3.61. The molecule has 1 amide bonds. The average molecular weight is 557 g/mol. The molecule has 0 saturated carbocycles. The molecule has 9 heteroatoms. The van der Waals surface area contributed by atoms with E-state index in [9.17, 15) is 9.59 Å². The monoisotopic (exact) mass is 556 g/mol. The Morgan fingerprint density at radius 1 is 1.22 bits per heavy atom. The van der Waals surface area contributed by atoms with E-state index in [1.165, 1.54) is 0 Å². The summed E-state index contributed by atoms with van der Waals surface area (Å²) in [5, 5.41) is 2.66. The number of amides is 1. The van der Waals surface area contributed by atoms with E-state index < -0.39 is 0 Å². The van der Waals surface area contributed by atoms with Crippen molar-refractivity contribution in [3.8, 4) is 11.5 Å². The van der Waals surface area contributed by atoms with E-state index in [1.54, 1.807) is 13.1 Å². The third kappa shape index (κ3) is 4.81. The first-order valence-corrected chi connectivity index (χ1v) is 12.8. The zero-order valence-corrected chi connectivity index (χ0v) is 23.3. The molecule has 36 heavy (non-hydrogen) atoms. The maximum absolute atomic E-state index is 13.6. The lowest BCUT2D eigenvalue weighted by Gasteiger charge is -2.33. The summed E-state index contributed by atoms with van der Waals surface area (Å²) in [6, 6.07) is 7.55. The number of benzene rings is 2. The maximum atomic E-state index is 13.6. The zero-order chi connectivity index (χ0) is 26.2. The van der Waals surface area contributed by atoms with Gasteiger partial charge < -0.3 is 24.6 Å². The van der Waals surface area contributed by atoms with Crippen molar-refractivity contribution in [1.82, 2.24) is 10.2 Å². The van der Waals surface area contributed by atoms with Crippen LogP contribution >= 0.6 is 16.1 Å². The Hall–Kier alpha value is -3.07. The van der Waals surface area contributed by atoms with Crippen LogP contribution in [0.15, 0.2) is 28.3 Å². The summed E-state index contributed by atoms with van der Waals surface area (Å²) in [6.07, 6.45) is 0. The topological polar surface area (TPSA) is 83.5 Å². The lowest BCUT2D eigenvalue weighted by atomic mass is 9.84. The van der Waals surface area contributed by atoms with Crippen molar-refractivity contribution >= 4 is 39.4 Å². The highest BCUT2D eigenvalue weighted by atomic mass is 79.9. The summed E-state index contributed by atoms with van der Waals surface area (Å²) in [4.78, 5) is 30.2. The van der Waals surface area contributed by atoms with Gasteiger partial charge in [-0.3, -0.25) is 9.59 Å². The molecule has 0 unspecified atom stereocenters. The molecule has 0 atom stereocenters. The smallest absolute Gasteiger partial charge is 0.254 e. The number of rotatable bonds is 6. The fourth-order valence-electron chi connectivity index (χ4n) is 4.67. The van der Waals surface area contributed by atoms with Crippen molar-refractivity contribution in [3.63, 3.8) is 0 Å². The lowest BCUT2D eigenvalue weighted by Crippen LogP contribution is -2.33. The SMILES string of the molecule is CCOc1cc2c(cc1C(=O)NC)/C(=N/Br)N(CC(=O)c1cc3c(c(C(C)(C)C)c1)OCCN3C)C2. The fourth-order valence-corrected chi connectivity index (χ4v) is 5.08. The Balaban J connectivity index is 1.67. The minimum Gasteiger partial charge on any atom is -0.493 e. The van der Waals surface area contributed by atoms with E-state index in [0.29, 0.717) is 42.5 Å². The van der Waals surface area contributed by atoms with Crippen LogP contribution in [-0.2, 0) is 12.0 Å².